The van der Waals surface area contributed by atoms with Gasteiger partial charge < -0.3 is 25.5 Å². The maximum atomic E-state index is 11.6. The Morgan fingerprint density at radius 1 is 0.921 bits per heavy atom. The van der Waals surface area contributed by atoms with Crippen LogP contribution in [0.3, 0.4) is 0 Å². The predicted octanol–water partition coefficient (Wildman–Crippen LogP) is 2.54. The molecular formula is C21H24N8O6S3. The number of H-pyrrole nitrogens is 2. The number of thiazole rings is 2. The fraction of sp³-hybridized carbons (Fsp3) is 0.238. The summed E-state index contributed by atoms with van der Waals surface area (Å²) in [6.45, 7) is 3.79. The molecule has 17 heteroatoms. The molecule has 0 aromatic carbocycles. The highest BCUT2D eigenvalue weighted by Crippen LogP contribution is 2.14. The Labute approximate surface area is 228 Å². The zero-order valence-electron chi connectivity index (χ0n) is 20.4. The molecule has 0 unspecified atom stereocenters. The molecule has 0 saturated carbocycles. The summed E-state index contributed by atoms with van der Waals surface area (Å²) >= 11 is 4.11. The van der Waals surface area contributed by atoms with Crippen LogP contribution in [0, 0.1) is 0 Å². The second-order valence-electron chi connectivity index (χ2n) is 6.38. The first-order valence-corrected chi connectivity index (χ1v) is 13.7. The molecule has 0 aliphatic heterocycles. The second-order valence-corrected chi connectivity index (χ2v) is 9.00. The largest absolute Gasteiger partial charge is 0.462 e. The van der Waals surface area contributed by atoms with Crippen molar-refractivity contribution < 1.29 is 19.1 Å². The van der Waals surface area contributed by atoms with Crippen molar-refractivity contribution in [3.63, 3.8) is 0 Å². The molecule has 4 aromatic heterocycles. The Bertz CT molecular complexity index is 1410. The van der Waals surface area contributed by atoms with Crippen LogP contribution in [-0.2, 0) is 9.47 Å². The van der Waals surface area contributed by atoms with Crippen molar-refractivity contribution in [2.24, 2.45) is 0 Å². The molecule has 0 aliphatic carbocycles. The SMILES string of the molecule is CCOC(=O)c1cnc(Nc2nccs2)[nH]c1=O.CCOC(=O)c1cnc(SC)[nH]c1=O.Nc1nccs1. The number of hydrogen-bond donors (Lipinski definition) is 4. The van der Waals surface area contributed by atoms with Gasteiger partial charge >= 0.3 is 11.9 Å². The number of carbonyl (C=O) groups excluding carboxylic acids is 2. The number of hydrogen-bond acceptors (Lipinski definition) is 15. The molecule has 4 heterocycles. The first-order chi connectivity index (χ1) is 18.3. The van der Waals surface area contributed by atoms with Crippen LogP contribution in [0.5, 0.6) is 0 Å². The third kappa shape index (κ3) is 9.75. The van der Waals surface area contributed by atoms with Gasteiger partial charge in [0.05, 0.1) is 19.4 Å². The Kier molecular flexibility index (Phi) is 12.6. The van der Waals surface area contributed by atoms with E-state index in [0.29, 0.717) is 15.4 Å². The van der Waals surface area contributed by atoms with Gasteiger partial charge in [0.15, 0.2) is 15.4 Å². The Hall–Kier alpha value is -4.09. The molecular weight excluding hydrogens is 556 g/mol. The van der Waals surface area contributed by atoms with E-state index < -0.39 is 23.1 Å². The third-order valence-electron chi connectivity index (χ3n) is 3.87. The van der Waals surface area contributed by atoms with E-state index in [2.05, 4.69) is 40.0 Å². The molecule has 38 heavy (non-hydrogen) atoms. The van der Waals surface area contributed by atoms with Gasteiger partial charge in [0.25, 0.3) is 11.1 Å². The molecule has 0 atom stereocenters. The van der Waals surface area contributed by atoms with E-state index in [0.717, 1.165) is 0 Å². The average Bonchev–Trinajstić information content (AvgIpc) is 3.59. The fourth-order valence-electron chi connectivity index (χ4n) is 2.27. The number of anilines is 3. The van der Waals surface area contributed by atoms with E-state index >= 15 is 0 Å². The second kappa shape index (κ2) is 15.9. The fourth-order valence-corrected chi connectivity index (χ4v) is 3.53. The summed E-state index contributed by atoms with van der Waals surface area (Å²) in [5, 5.41) is 8.15. The van der Waals surface area contributed by atoms with Gasteiger partial charge in [-0.25, -0.2) is 29.5 Å². The Morgan fingerprint density at radius 2 is 1.50 bits per heavy atom. The standard InChI is InChI=1S/C10H10N4O3S.C8H10N2O3S.C3H4N2S/c1-2-17-8(16)6-5-12-9(13-7(6)15)14-10-11-3-4-18-10;1-3-13-7(12)5-4-9-8(14-2)10-6(5)11;4-3-5-1-2-6-3/h3-5H,2H2,1H3,(H2,11,12,13,14,15);4H,3H2,1-2H3,(H,9,10,11);1-2H,(H2,4,5). The van der Waals surface area contributed by atoms with Gasteiger partial charge in [0, 0.05) is 29.4 Å². The van der Waals surface area contributed by atoms with Crippen molar-refractivity contribution in [2.75, 3.05) is 30.5 Å². The van der Waals surface area contributed by atoms with Crippen LogP contribution >= 0.6 is 34.4 Å². The molecule has 0 fully saturated rings. The molecule has 14 nitrogen and oxygen atoms in total. The molecule has 0 bridgehead atoms. The van der Waals surface area contributed by atoms with E-state index in [1.165, 1.54) is 46.8 Å². The summed E-state index contributed by atoms with van der Waals surface area (Å²) in [5.41, 5.74) is 3.97. The van der Waals surface area contributed by atoms with Crippen LogP contribution in [0.1, 0.15) is 34.6 Å². The Balaban J connectivity index is 0.000000224. The van der Waals surface area contributed by atoms with Gasteiger partial charge in [0.1, 0.15) is 11.1 Å². The summed E-state index contributed by atoms with van der Waals surface area (Å²) in [5.74, 6) is -1.11. The van der Waals surface area contributed by atoms with Crippen molar-refractivity contribution in [3.8, 4) is 0 Å². The lowest BCUT2D eigenvalue weighted by atomic mass is 10.3. The van der Waals surface area contributed by atoms with Gasteiger partial charge in [-0.1, -0.05) is 11.8 Å². The Morgan fingerprint density at radius 3 is 1.92 bits per heavy atom. The number of aromatic amines is 2. The van der Waals surface area contributed by atoms with Crippen molar-refractivity contribution in [1.82, 2.24) is 29.9 Å². The zero-order valence-corrected chi connectivity index (χ0v) is 22.9. The normalized spacial score (nSPS) is 9.76. The van der Waals surface area contributed by atoms with Gasteiger partial charge in [0.2, 0.25) is 5.95 Å². The molecule has 5 N–H and O–H groups in total. The van der Waals surface area contributed by atoms with E-state index in [1.54, 1.807) is 37.9 Å². The summed E-state index contributed by atoms with van der Waals surface area (Å²) in [6.07, 6.45) is 7.48. The molecule has 0 amide bonds. The van der Waals surface area contributed by atoms with Crippen LogP contribution in [0.25, 0.3) is 0 Å². The summed E-state index contributed by atoms with van der Waals surface area (Å²) in [4.78, 5) is 65.9. The molecule has 4 aromatic rings. The van der Waals surface area contributed by atoms with Crippen molar-refractivity contribution in [3.05, 3.63) is 67.4 Å². The van der Waals surface area contributed by atoms with Crippen molar-refractivity contribution in [1.29, 1.82) is 0 Å². The smallest absolute Gasteiger partial charge is 0.345 e. The quantitative estimate of drug-likeness (QED) is 0.141. The number of nitrogens with one attached hydrogen (secondary N) is 3. The average molecular weight is 581 g/mol. The number of thioether (sulfide) groups is 1. The number of ether oxygens (including phenoxy) is 2. The maximum absolute atomic E-state index is 11.6. The van der Waals surface area contributed by atoms with E-state index in [-0.39, 0.29) is 30.3 Å². The molecule has 0 saturated heterocycles. The highest BCUT2D eigenvalue weighted by Gasteiger charge is 2.13. The van der Waals surface area contributed by atoms with Crippen molar-refractivity contribution in [2.45, 2.75) is 19.0 Å². The number of nitrogen functional groups attached to an aromatic ring is 1. The van der Waals surface area contributed by atoms with E-state index in [4.69, 9.17) is 10.5 Å². The highest BCUT2D eigenvalue weighted by atomic mass is 32.2. The minimum absolute atomic E-state index is 0.0651. The minimum atomic E-state index is -0.688. The first-order valence-electron chi connectivity index (χ1n) is 10.7. The summed E-state index contributed by atoms with van der Waals surface area (Å²) in [7, 11) is 0. The summed E-state index contributed by atoms with van der Waals surface area (Å²) < 4.78 is 9.40. The minimum Gasteiger partial charge on any atom is -0.462 e. The number of nitrogens with zero attached hydrogens (tertiary/aromatic N) is 4. The monoisotopic (exact) mass is 580 g/mol. The predicted molar refractivity (Wildman–Crippen MR) is 145 cm³/mol. The van der Waals surface area contributed by atoms with Crippen LogP contribution in [0.2, 0.25) is 0 Å². The molecule has 0 radical (unpaired) electrons. The van der Waals surface area contributed by atoms with Crippen LogP contribution in [-0.4, -0.2) is 61.3 Å². The lowest BCUT2D eigenvalue weighted by Gasteiger charge is -2.03. The van der Waals surface area contributed by atoms with Gasteiger partial charge in [-0.15, -0.1) is 22.7 Å². The number of carbonyl (C=O) groups is 2. The number of esters is 2. The number of aromatic nitrogens is 6. The van der Waals surface area contributed by atoms with E-state index in [1.807, 2.05) is 5.38 Å². The van der Waals surface area contributed by atoms with Crippen molar-refractivity contribution >= 4 is 62.6 Å². The lowest BCUT2D eigenvalue weighted by Crippen LogP contribution is -2.21. The lowest BCUT2D eigenvalue weighted by molar-refractivity contribution is 0.0514. The molecule has 0 spiro atoms. The van der Waals surface area contributed by atoms with Crippen LogP contribution in [0.15, 0.2) is 50.3 Å². The maximum Gasteiger partial charge on any atom is 0.345 e. The number of nitrogens with two attached hydrogens (primary N) is 1. The molecule has 202 valence electrons. The van der Waals surface area contributed by atoms with Gasteiger partial charge in [-0.3, -0.25) is 14.6 Å². The third-order valence-corrected chi connectivity index (χ3v) is 5.76. The van der Waals surface area contributed by atoms with Gasteiger partial charge in [-0.05, 0) is 20.1 Å². The number of rotatable bonds is 7. The highest BCUT2D eigenvalue weighted by molar-refractivity contribution is 7.98. The molecule has 0 aliphatic rings. The first kappa shape index (κ1) is 30.1. The zero-order chi connectivity index (χ0) is 27.9. The van der Waals surface area contributed by atoms with Crippen LogP contribution in [0.4, 0.5) is 16.2 Å². The van der Waals surface area contributed by atoms with Crippen LogP contribution < -0.4 is 22.2 Å². The summed E-state index contributed by atoms with van der Waals surface area (Å²) in [6, 6.07) is 0. The topological polar surface area (TPSA) is 208 Å². The molecule has 4 rings (SSSR count). The van der Waals surface area contributed by atoms with E-state index in [9.17, 15) is 19.2 Å². The van der Waals surface area contributed by atoms with Gasteiger partial charge in [-0.2, -0.15) is 0 Å².